The van der Waals surface area contributed by atoms with Crippen molar-refractivity contribution in [2.75, 3.05) is 5.32 Å². The van der Waals surface area contributed by atoms with Gasteiger partial charge in [-0.3, -0.25) is 10.1 Å². The van der Waals surface area contributed by atoms with Gasteiger partial charge in [0.25, 0.3) is 5.91 Å². The molecule has 0 fully saturated rings. The molecule has 0 aliphatic heterocycles. The number of nitrogens with one attached hydrogen (secondary N) is 1. The van der Waals surface area contributed by atoms with Crippen molar-refractivity contribution in [3.8, 4) is 0 Å². The SMILES string of the molecule is Cc1csc(NC(=O)c2ccc(CBr)cc2)n1. The zero-order valence-corrected chi connectivity index (χ0v) is 11.6. The van der Waals surface area contributed by atoms with Gasteiger partial charge in [0.05, 0.1) is 5.69 Å². The van der Waals surface area contributed by atoms with E-state index in [1.165, 1.54) is 11.3 Å². The third-order valence-corrected chi connectivity index (χ3v) is 3.73. The van der Waals surface area contributed by atoms with Gasteiger partial charge in [0, 0.05) is 16.3 Å². The smallest absolute Gasteiger partial charge is 0.257 e. The molecule has 0 saturated carbocycles. The molecule has 0 aliphatic carbocycles. The lowest BCUT2D eigenvalue weighted by Crippen LogP contribution is -2.11. The van der Waals surface area contributed by atoms with E-state index in [9.17, 15) is 4.79 Å². The highest BCUT2D eigenvalue weighted by atomic mass is 79.9. The molecule has 1 aromatic heterocycles. The van der Waals surface area contributed by atoms with Crippen LogP contribution in [0.2, 0.25) is 0 Å². The van der Waals surface area contributed by atoms with Gasteiger partial charge in [-0.25, -0.2) is 4.98 Å². The summed E-state index contributed by atoms with van der Waals surface area (Å²) in [6.07, 6.45) is 0. The Labute approximate surface area is 112 Å². The molecule has 0 unspecified atom stereocenters. The maximum absolute atomic E-state index is 11.9. The molecule has 0 aliphatic rings. The first-order valence-corrected chi connectivity index (χ1v) is 7.07. The van der Waals surface area contributed by atoms with E-state index < -0.39 is 0 Å². The highest BCUT2D eigenvalue weighted by Gasteiger charge is 2.07. The molecule has 5 heteroatoms. The van der Waals surface area contributed by atoms with E-state index in [0.717, 1.165) is 16.6 Å². The number of anilines is 1. The number of amides is 1. The molecule has 1 amide bonds. The number of hydrogen-bond donors (Lipinski definition) is 1. The minimum absolute atomic E-state index is 0.125. The van der Waals surface area contributed by atoms with E-state index in [-0.39, 0.29) is 5.91 Å². The van der Waals surface area contributed by atoms with E-state index in [2.05, 4.69) is 26.2 Å². The zero-order chi connectivity index (χ0) is 12.3. The molecule has 1 heterocycles. The highest BCUT2D eigenvalue weighted by molar-refractivity contribution is 9.08. The van der Waals surface area contributed by atoms with Crippen LogP contribution in [0.1, 0.15) is 21.6 Å². The van der Waals surface area contributed by atoms with Crippen LogP contribution in [-0.4, -0.2) is 10.9 Å². The van der Waals surface area contributed by atoms with Gasteiger partial charge in [-0.05, 0) is 24.6 Å². The van der Waals surface area contributed by atoms with Crippen LogP contribution >= 0.6 is 27.3 Å². The van der Waals surface area contributed by atoms with Crippen LogP contribution in [0, 0.1) is 6.92 Å². The van der Waals surface area contributed by atoms with Crippen molar-refractivity contribution in [3.63, 3.8) is 0 Å². The summed E-state index contributed by atoms with van der Waals surface area (Å²) in [5.74, 6) is -0.125. The van der Waals surface area contributed by atoms with Gasteiger partial charge in [-0.2, -0.15) is 0 Å². The number of aromatic nitrogens is 1. The highest BCUT2D eigenvalue weighted by Crippen LogP contribution is 2.16. The molecule has 0 bridgehead atoms. The first-order chi connectivity index (χ1) is 8.19. The predicted octanol–water partition coefficient (Wildman–Crippen LogP) is 3.60. The van der Waals surface area contributed by atoms with Crippen molar-refractivity contribution in [3.05, 3.63) is 46.5 Å². The van der Waals surface area contributed by atoms with Crippen LogP contribution in [0.4, 0.5) is 5.13 Å². The second-order valence-electron chi connectivity index (χ2n) is 3.58. The maximum atomic E-state index is 11.9. The van der Waals surface area contributed by atoms with Crippen molar-refractivity contribution >= 4 is 38.3 Å². The number of benzene rings is 1. The Morgan fingerprint density at radius 3 is 2.65 bits per heavy atom. The molecule has 88 valence electrons. The van der Waals surface area contributed by atoms with Crippen molar-refractivity contribution in [2.24, 2.45) is 0 Å². The third kappa shape index (κ3) is 3.14. The van der Waals surface area contributed by atoms with E-state index in [4.69, 9.17) is 0 Å². The van der Waals surface area contributed by atoms with E-state index in [0.29, 0.717) is 10.7 Å². The van der Waals surface area contributed by atoms with Crippen LogP contribution < -0.4 is 5.32 Å². The van der Waals surface area contributed by atoms with Gasteiger partial charge < -0.3 is 0 Å². The number of alkyl halides is 1. The Bertz CT molecular complexity index is 522. The van der Waals surface area contributed by atoms with Crippen molar-refractivity contribution in [1.82, 2.24) is 4.98 Å². The average Bonchev–Trinajstić information content (AvgIpc) is 2.75. The molecule has 0 radical (unpaired) electrons. The number of nitrogens with zero attached hydrogens (tertiary/aromatic N) is 1. The molecular weight excluding hydrogens is 300 g/mol. The number of halogens is 1. The Morgan fingerprint density at radius 1 is 1.41 bits per heavy atom. The molecule has 2 aromatic rings. The molecule has 0 saturated heterocycles. The minimum atomic E-state index is -0.125. The van der Waals surface area contributed by atoms with Gasteiger partial charge in [0.2, 0.25) is 0 Å². The summed E-state index contributed by atoms with van der Waals surface area (Å²) in [4.78, 5) is 16.1. The number of thiazole rings is 1. The van der Waals surface area contributed by atoms with Crippen molar-refractivity contribution in [2.45, 2.75) is 12.3 Å². The molecule has 3 nitrogen and oxygen atoms in total. The van der Waals surface area contributed by atoms with Gasteiger partial charge in [-0.1, -0.05) is 28.1 Å². The molecule has 0 atom stereocenters. The Balaban J connectivity index is 2.09. The first-order valence-electron chi connectivity index (χ1n) is 5.07. The molecular formula is C12H11BrN2OS. The topological polar surface area (TPSA) is 42.0 Å². The summed E-state index contributed by atoms with van der Waals surface area (Å²) >= 11 is 4.80. The average molecular weight is 311 g/mol. The monoisotopic (exact) mass is 310 g/mol. The Morgan fingerprint density at radius 2 is 2.12 bits per heavy atom. The lowest BCUT2D eigenvalue weighted by Gasteiger charge is -2.02. The molecule has 17 heavy (non-hydrogen) atoms. The third-order valence-electron chi connectivity index (χ3n) is 2.21. The largest absolute Gasteiger partial charge is 0.298 e. The van der Waals surface area contributed by atoms with Crippen LogP contribution in [0.15, 0.2) is 29.6 Å². The van der Waals surface area contributed by atoms with Gasteiger partial charge in [-0.15, -0.1) is 11.3 Å². The number of carbonyl (C=O) groups excluding carboxylic acids is 1. The van der Waals surface area contributed by atoms with Gasteiger partial charge >= 0.3 is 0 Å². The van der Waals surface area contributed by atoms with Crippen LogP contribution in [0.25, 0.3) is 0 Å². The summed E-state index contributed by atoms with van der Waals surface area (Å²) in [6.45, 7) is 1.90. The molecule has 1 N–H and O–H groups in total. The second-order valence-corrected chi connectivity index (χ2v) is 5.00. The molecule has 2 rings (SSSR count). The summed E-state index contributed by atoms with van der Waals surface area (Å²) < 4.78 is 0. The Hall–Kier alpha value is -1.20. The van der Waals surface area contributed by atoms with Crippen LogP contribution in [0.3, 0.4) is 0 Å². The van der Waals surface area contributed by atoms with E-state index in [1.807, 2.05) is 36.6 Å². The lowest BCUT2D eigenvalue weighted by molar-refractivity contribution is 0.102. The first kappa shape index (κ1) is 12.3. The molecule has 1 aromatic carbocycles. The lowest BCUT2D eigenvalue weighted by atomic mass is 10.1. The van der Waals surface area contributed by atoms with Crippen LogP contribution in [-0.2, 0) is 5.33 Å². The van der Waals surface area contributed by atoms with Gasteiger partial charge in [0.15, 0.2) is 5.13 Å². The minimum Gasteiger partial charge on any atom is -0.298 e. The number of hydrogen-bond acceptors (Lipinski definition) is 3. The summed E-state index contributed by atoms with van der Waals surface area (Å²) in [5.41, 5.74) is 2.70. The van der Waals surface area contributed by atoms with Crippen molar-refractivity contribution in [1.29, 1.82) is 0 Å². The van der Waals surface area contributed by atoms with Crippen molar-refractivity contribution < 1.29 is 4.79 Å². The fraction of sp³-hybridized carbons (Fsp3) is 0.167. The van der Waals surface area contributed by atoms with Crippen LogP contribution in [0.5, 0.6) is 0 Å². The summed E-state index contributed by atoms with van der Waals surface area (Å²) in [6, 6.07) is 7.48. The standard InChI is InChI=1S/C12H11BrN2OS/c1-8-7-17-12(14-8)15-11(16)10-4-2-9(6-13)3-5-10/h2-5,7H,6H2,1H3,(H,14,15,16). The predicted molar refractivity (Wildman–Crippen MR) is 73.9 cm³/mol. The zero-order valence-electron chi connectivity index (χ0n) is 9.24. The number of rotatable bonds is 3. The second kappa shape index (κ2) is 5.42. The normalized spacial score (nSPS) is 10.2. The van der Waals surface area contributed by atoms with E-state index in [1.54, 1.807) is 0 Å². The quantitative estimate of drug-likeness (QED) is 0.880. The fourth-order valence-corrected chi connectivity index (χ4v) is 2.38. The summed E-state index contributed by atoms with van der Waals surface area (Å²) in [7, 11) is 0. The van der Waals surface area contributed by atoms with Gasteiger partial charge in [0.1, 0.15) is 0 Å². The van der Waals surface area contributed by atoms with E-state index >= 15 is 0 Å². The number of carbonyl (C=O) groups is 1. The maximum Gasteiger partial charge on any atom is 0.257 e. The summed E-state index contributed by atoms with van der Waals surface area (Å²) in [5, 5.41) is 6.11. The fourth-order valence-electron chi connectivity index (χ4n) is 1.33. The number of aryl methyl sites for hydroxylation is 1. The Kier molecular flexibility index (Phi) is 3.91. The molecule has 0 spiro atoms.